The lowest BCUT2D eigenvalue weighted by molar-refractivity contribution is -0.129. The van der Waals surface area contributed by atoms with E-state index in [2.05, 4.69) is 10.6 Å². The molecule has 1 heterocycles. The molecular formula is C21H26N2O4. The number of ether oxygens (including phenoxy) is 2. The number of nitrogens with one attached hydrogen (secondary N) is 2. The summed E-state index contributed by atoms with van der Waals surface area (Å²) in [6, 6.07) is 16.8. The molecule has 2 aromatic carbocycles. The van der Waals surface area contributed by atoms with Crippen LogP contribution in [0.2, 0.25) is 0 Å². The van der Waals surface area contributed by atoms with E-state index < -0.39 is 12.1 Å². The van der Waals surface area contributed by atoms with Crippen molar-refractivity contribution in [3.8, 4) is 5.75 Å². The van der Waals surface area contributed by atoms with E-state index in [1.807, 2.05) is 55.5 Å². The molecule has 6 heteroatoms. The van der Waals surface area contributed by atoms with Crippen molar-refractivity contribution in [1.82, 2.24) is 10.6 Å². The molecule has 1 aliphatic heterocycles. The van der Waals surface area contributed by atoms with Crippen molar-refractivity contribution in [1.29, 1.82) is 0 Å². The number of hydrogen-bond acceptors (Lipinski definition) is 5. The van der Waals surface area contributed by atoms with E-state index >= 15 is 0 Å². The third-order valence-corrected chi connectivity index (χ3v) is 4.56. The van der Waals surface area contributed by atoms with Gasteiger partial charge in [-0.3, -0.25) is 4.79 Å². The maximum absolute atomic E-state index is 12.3. The van der Waals surface area contributed by atoms with E-state index in [4.69, 9.17) is 9.47 Å². The molecule has 0 saturated carbocycles. The van der Waals surface area contributed by atoms with Crippen LogP contribution in [0.1, 0.15) is 24.2 Å². The van der Waals surface area contributed by atoms with Gasteiger partial charge in [0.05, 0.1) is 18.8 Å². The molecule has 27 heavy (non-hydrogen) atoms. The minimum atomic E-state index is -0.811. The van der Waals surface area contributed by atoms with Crippen molar-refractivity contribution in [2.45, 2.75) is 31.8 Å². The predicted molar refractivity (Wildman–Crippen MR) is 102 cm³/mol. The van der Waals surface area contributed by atoms with Crippen LogP contribution in [-0.2, 0) is 16.1 Å². The fourth-order valence-electron chi connectivity index (χ4n) is 3.00. The summed E-state index contributed by atoms with van der Waals surface area (Å²) in [4.78, 5) is 12.3. The number of amides is 1. The Hall–Kier alpha value is -2.41. The lowest BCUT2D eigenvalue weighted by atomic mass is 10.1. The average molecular weight is 370 g/mol. The molecule has 1 fully saturated rings. The summed E-state index contributed by atoms with van der Waals surface area (Å²) < 4.78 is 11.3. The predicted octanol–water partition coefficient (Wildman–Crippen LogP) is 1.79. The van der Waals surface area contributed by atoms with Crippen LogP contribution in [-0.4, -0.2) is 42.9 Å². The molecule has 3 rings (SSSR count). The third-order valence-electron chi connectivity index (χ3n) is 4.56. The molecular weight excluding hydrogens is 344 g/mol. The maximum atomic E-state index is 12.3. The number of benzene rings is 2. The standard InChI is InChI=1S/C21H26N2O4/c1-15-20(22-10-11-26-15)21(25)23-13-19(24)17-8-5-9-18(12-17)27-14-16-6-3-2-4-7-16/h2-9,12,15,19-20,22,24H,10-11,13-14H2,1H3,(H,23,25)/t15-,19?,20+/m1/s1. The number of rotatable bonds is 7. The van der Waals surface area contributed by atoms with Crippen molar-refractivity contribution in [2.75, 3.05) is 19.7 Å². The fourth-order valence-corrected chi connectivity index (χ4v) is 3.00. The van der Waals surface area contributed by atoms with Gasteiger partial charge in [-0.15, -0.1) is 0 Å². The first-order valence-corrected chi connectivity index (χ1v) is 9.21. The summed E-state index contributed by atoms with van der Waals surface area (Å²) in [5.74, 6) is 0.510. The smallest absolute Gasteiger partial charge is 0.239 e. The van der Waals surface area contributed by atoms with Gasteiger partial charge in [0.1, 0.15) is 18.4 Å². The van der Waals surface area contributed by atoms with Crippen molar-refractivity contribution in [2.24, 2.45) is 0 Å². The van der Waals surface area contributed by atoms with Crippen LogP contribution in [0.4, 0.5) is 0 Å². The van der Waals surface area contributed by atoms with Crippen LogP contribution in [0.3, 0.4) is 0 Å². The Labute approximate surface area is 159 Å². The molecule has 0 aromatic heterocycles. The molecule has 6 nitrogen and oxygen atoms in total. The zero-order chi connectivity index (χ0) is 19.1. The first-order chi connectivity index (χ1) is 13.1. The highest BCUT2D eigenvalue weighted by atomic mass is 16.5. The summed E-state index contributed by atoms with van der Waals surface area (Å²) in [6.07, 6.45) is -1.00. The first kappa shape index (κ1) is 19.4. The molecule has 1 aliphatic rings. The summed E-state index contributed by atoms with van der Waals surface area (Å²) in [5.41, 5.74) is 1.77. The number of hydrogen-bond donors (Lipinski definition) is 3. The maximum Gasteiger partial charge on any atom is 0.239 e. The van der Waals surface area contributed by atoms with Gasteiger partial charge in [0, 0.05) is 13.1 Å². The van der Waals surface area contributed by atoms with Crippen LogP contribution < -0.4 is 15.4 Å². The summed E-state index contributed by atoms with van der Waals surface area (Å²) >= 11 is 0. The second kappa shape index (κ2) is 9.50. The van der Waals surface area contributed by atoms with Gasteiger partial charge in [0.25, 0.3) is 0 Å². The monoisotopic (exact) mass is 370 g/mol. The Bertz CT molecular complexity index is 738. The van der Waals surface area contributed by atoms with Crippen LogP contribution in [0.15, 0.2) is 54.6 Å². The number of morpholine rings is 1. The average Bonchev–Trinajstić information content (AvgIpc) is 2.71. The normalized spacial score (nSPS) is 20.7. The Morgan fingerprint density at radius 1 is 1.30 bits per heavy atom. The molecule has 1 unspecified atom stereocenters. The highest BCUT2D eigenvalue weighted by molar-refractivity contribution is 5.82. The molecule has 3 N–H and O–H groups in total. The van der Waals surface area contributed by atoms with E-state index in [0.717, 1.165) is 5.56 Å². The first-order valence-electron chi connectivity index (χ1n) is 9.21. The third kappa shape index (κ3) is 5.53. The van der Waals surface area contributed by atoms with Gasteiger partial charge in [0.15, 0.2) is 0 Å². The van der Waals surface area contributed by atoms with Crippen molar-refractivity contribution in [3.05, 3.63) is 65.7 Å². The topological polar surface area (TPSA) is 79.8 Å². The number of aliphatic hydroxyl groups excluding tert-OH is 1. The SMILES string of the molecule is C[C@H]1OCCN[C@@H]1C(=O)NCC(O)c1cccc(OCc2ccccc2)c1. The van der Waals surface area contributed by atoms with Crippen LogP contribution in [0, 0.1) is 0 Å². The summed E-state index contributed by atoms with van der Waals surface area (Å²) in [7, 11) is 0. The highest BCUT2D eigenvalue weighted by Crippen LogP contribution is 2.20. The zero-order valence-electron chi connectivity index (χ0n) is 15.4. The van der Waals surface area contributed by atoms with E-state index in [1.54, 1.807) is 6.07 Å². The molecule has 0 radical (unpaired) electrons. The number of aliphatic hydroxyl groups is 1. The Morgan fingerprint density at radius 3 is 2.89 bits per heavy atom. The molecule has 1 saturated heterocycles. The van der Waals surface area contributed by atoms with Crippen LogP contribution in [0.5, 0.6) is 5.75 Å². The minimum absolute atomic E-state index is 0.131. The lowest BCUT2D eigenvalue weighted by Gasteiger charge is -2.29. The number of carbonyl (C=O) groups excluding carboxylic acids is 1. The zero-order valence-corrected chi connectivity index (χ0v) is 15.4. The molecule has 144 valence electrons. The minimum Gasteiger partial charge on any atom is -0.489 e. The van der Waals surface area contributed by atoms with Gasteiger partial charge in [-0.25, -0.2) is 0 Å². The highest BCUT2D eigenvalue weighted by Gasteiger charge is 2.28. The second-order valence-corrected chi connectivity index (χ2v) is 6.62. The van der Waals surface area contributed by atoms with Gasteiger partial charge < -0.3 is 25.2 Å². The molecule has 0 spiro atoms. The molecule has 0 aliphatic carbocycles. The Kier molecular flexibility index (Phi) is 6.81. The van der Waals surface area contributed by atoms with Gasteiger partial charge >= 0.3 is 0 Å². The Balaban J connectivity index is 1.52. The van der Waals surface area contributed by atoms with E-state index in [9.17, 15) is 9.90 Å². The summed E-state index contributed by atoms with van der Waals surface area (Å²) in [6.45, 7) is 3.70. The van der Waals surface area contributed by atoms with Crippen LogP contribution in [0.25, 0.3) is 0 Å². The van der Waals surface area contributed by atoms with Crippen molar-refractivity contribution < 1.29 is 19.4 Å². The fraction of sp³-hybridized carbons (Fsp3) is 0.381. The van der Waals surface area contributed by atoms with Gasteiger partial charge in [-0.05, 0) is 30.2 Å². The molecule has 0 bridgehead atoms. The number of carbonyl (C=O) groups is 1. The Morgan fingerprint density at radius 2 is 2.11 bits per heavy atom. The second-order valence-electron chi connectivity index (χ2n) is 6.62. The summed E-state index contributed by atoms with van der Waals surface area (Å²) in [5, 5.41) is 16.3. The quantitative estimate of drug-likeness (QED) is 0.693. The van der Waals surface area contributed by atoms with Crippen molar-refractivity contribution >= 4 is 5.91 Å². The largest absolute Gasteiger partial charge is 0.489 e. The van der Waals surface area contributed by atoms with Gasteiger partial charge in [-0.2, -0.15) is 0 Å². The van der Waals surface area contributed by atoms with Gasteiger partial charge in [-0.1, -0.05) is 42.5 Å². The lowest BCUT2D eigenvalue weighted by Crippen LogP contribution is -2.55. The molecule has 2 aromatic rings. The molecule has 3 atom stereocenters. The van der Waals surface area contributed by atoms with Crippen LogP contribution >= 0.6 is 0 Å². The van der Waals surface area contributed by atoms with Gasteiger partial charge in [0.2, 0.25) is 5.91 Å². The van der Waals surface area contributed by atoms with E-state index in [1.165, 1.54) is 0 Å². The molecule has 1 amide bonds. The van der Waals surface area contributed by atoms with E-state index in [0.29, 0.717) is 31.1 Å². The van der Waals surface area contributed by atoms with E-state index in [-0.39, 0.29) is 18.6 Å². The van der Waals surface area contributed by atoms with Crippen molar-refractivity contribution in [3.63, 3.8) is 0 Å².